The second kappa shape index (κ2) is 9.68. The van der Waals surface area contributed by atoms with Gasteiger partial charge < -0.3 is 14.2 Å². The van der Waals surface area contributed by atoms with Crippen LogP contribution in [0.2, 0.25) is 0 Å². The van der Waals surface area contributed by atoms with Crippen molar-refractivity contribution in [2.75, 3.05) is 13.2 Å². The van der Waals surface area contributed by atoms with Crippen LogP contribution in [0.25, 0.3) is 0 Å². The third kappa shape index (κ3) is 8.98. The number of ether oxygens (including phenoxy) is 3. The van der Waals surface area contributed by atoms with Crippen molar-refractivity contribution in [3.05, 3.63) is 18.5 Å². The predicted molar refractivity (Wildman–Crippen MR) is 105 cm³/mol. The van der Waals surface area contributed by atoms with Gasteiger partial charge in [0, 0.05) is 12.4 Å². The van der Waals surface area contributed by atoms with Crippen LogP contribution in [0.3, 0.4) is 0 Å². The average Bonchev–Trinajstić information content (AvgIpc) is 2.99. The summed E-state index contributed by atoms with van der Waals surface area (Å²) in [6.07, 6.45) is 1.57. The van der Waals surface area contributed by atoms with Gasteiger partial charge in [-0.3, -0.25) is 0 Å². The fourth-order valence-corrected chi connectivity index (χ4v) is 1.96. The van der Waals surface area contributed by atoms with Gasteiger partial charge in [0.25, 0.3) is 0 Å². The maximum Gasteiger partial charge on any atom is 0.437 e. The number of carbonyl (C=O) groups is 2. The van der Waals surface area contributed by atoms with Crippen LogP contribution in [0, 0.1) is 0 Å². The monoisotopic (exact) mass is 396 g/mol. The third-order valence-electron chi connectivity index (χ3n) is 2.92. The van der Waals surface area contributed by atoms with E-state index in [-0.39, 0.29) is 25.2 Å². The van der Waals surface area contributed by atoms with E-state index in [0.717, 1.165) is 0 Å². The SMILES string of the molecule is CC(C)OCCN(C(=O)OC(C)(C)C)/C(=N/C(=O)OC(C)(C)C)n1cccn1. The average molecular weight is 396 g/mol. The zero-order valence-electron chi connectivity index (χ0n) is 18.1. The van der Waals surface area contributed by atoms with Crippen molar-refractivity contribution < 1.29 is 23.8 Å². The van der Waals surface area contributed by atoms with E-state index < -0.39 is 23.4 Å². The minimum absolute atomic E-state index is 0.0172. The zero-order chi connectivity index (χ0) is 21.5. The molecule has 0 atom stereocenters. The number of aromatic nitrogens is 2. The molecule has 0 saturated carbocycles. The van der Waals surface area contributed by atoms with Crippen LogP contribution in [0.1, 0.15) is 55.4 Å². The molecule has 9 heteroatoms. The summed E-state index contributed by atoms with van der Waals surface area (Å²) in [6, 6.07) is 1.66. The first-order valence-electron chi connectivity index (χ1n) is 9.22. The number of hydrogen-bond acceptors (Lipinski definition) is 6. The molecule has 0 aliphatic heterocycles. The Balaban J connectivity index is 3.24. The highest BCUT2D eigenvalue weighted by atomic mass is 16.6. The van der Waals surface area contributed by atoms with Crippen LogP contribution < -0.4 is 0 Å². The Morgan fingerprint density at radius 2 is 1.71 bits per heavy atom. The van der Waals surface area contributed by atoms with Crippen LogP contribution >= 0.6 is 0 Å². The number of hydrogen-bond donors (Lipinski definition) is 0. The fourth-order valence-electron chi connectivity index (χ4n) is 1.96. The van der Waals surface area contributed by atoms with Gasteiger partial charge in [0.15, 0.2) is 0 Å². The molecular formula is C19H32N4O5. The highest BCUT2D eigenvalue weighted by molar-refractivity contribution is 5.99. The molecule has 0 aliphatic carbocycles. The smallest absolute Gasteiger partial charge is 0.437 e. The second-order valence-electron chi connectivity index (χ2n) is 8.39. The van der Waals surface area contributed by atoms with Crippen LogP contribution in [0.5, 0.6) is 0 Å². The summed E-state index contributed by atoms with van der Waals surface area (Å²) in [5.74, 6) is -0.0270. The van der Waals surface area contributed by atoms with Crippen LogP contribution in [-0.2, 0) is 14.2 Å². The lowest BCUT2D eigenvalue weighted by Gasteiger charge is -2.28. The molecule has 28 heavy (non-hydrogen) atoms. The molecule has 0 N–H and O–H groups in total. The van der Waals surface area contributed by atoms with Crippen molar-refractivity contribution in [3.63, 3.8) is 0 Å². The van der Waals surface area contributed by atoms with Gasteiger partial charge in [-0.05, 0) is 61.5 Å². The molecule has 0 fully saturated rings. The minimum atomic E-state index is -0.837. The van der Waals surface area contributed by atoms with Crippen molar-refractivity contribution in [2.24, 2.45) is 4.99 Å². The molecule has 0 saturated heterocycles. The normalized spacial score (nSPS) is 12.8. The Morgan fingerprint density at radius 3 is 2.18 bits per heavy atom. The van der Waals surface area contributed by atoms with Crippen molar-refractivity contribution >= 4 is 18.1 Å². The molecule has 158 valence electrons. The third-order valence-corrected chi connectivity index (χ3v) is 2.92. The molecule has 0 aliphatic rings. The lowest BCUT2D eigenvalue weighted by Crippen LogP contribution is -2.46. The fraction of sp³-hybridized carbons (Fsp3) is 0.684. The summed E-state index contributed by atoms with van der Waals surface area (Å²) in [5.41, 5.74) is -1.46. The molecule has 1 rings (SSSR count). The summed E-state index contributed by atoms with van der Waals surface area (Å²) in [6.45, 7) is 14.6. The number of nitrogens with zero attached hydrogens (tertiary/aromatic N) is 4. The summed E-state index contributed by atoms with van der Waals surface area (Å²) in [4.78, 5) is 30.3. The van der Waals surface area contributed by atoms with Crippen LogP contribution in [-0.4, -0.2) is 63.3 Å². The van der Waals surface area contributed by atoms with E-state index in [9.17, 15) is 9.59 Å². The summed E-state index contributed by atoms with van der Waals surface area (Å²) < 4.78 is 17.6. The van der Waals surface area contributed by atoms with E-state index in [4.69, 9.17) is 14.2 Å². The number of carbonyl (C=O) groups excluding carboxylic acids is 2. The zero-order valence-corrected chi connectivity index (χ0v) is 18.1. The molecule has 0 bridgehead atoms. The first-order chi connectivity index (χ1) is 12.8. The topological polar surface area (TPSA) is 95.2 Å². The highest BCUT2D eigenvalue weighted by Gasteiger charge is 2.29. The number of rotatable bonds is 4. The van der Waals surface area contributed by atoms with E-state index in [2.05, 4.69) is 10.1 Å². The summed E-state index contributed by atoms with van der Waals surface area (Å²) in [5, 5.41) is 4.10. The number of aliphatic imine (C=N–C) groups is 1. The lowest BCUT2D eigenvalue weighted by molar-refractivity contribution is 0.0250. The molecule has 1 aromatic rings. The largest absolute Gasteiger partial charge is 0.443 e. The Bertz CT molecular complexity index is 669. The number of amides is 2. The standard InChI is InChI=1S/C19H32N4O5/c1-14(2)26-13-12-22(17(25)28-19(6,7)8)15(23-11-9-10-20-23)21-16(24)27-18(3,4)5/h9-11,14H,12-13H2,1-8H3/b21-15-. The first-order valence-corrected chi connectivity index (χ1v) is 9.22. The summed E-state index contributed by atoms with van der Waals surface area (Å²) in [7, 11) is 0. The lowest BCUT2D eigenvalue weighted by atomic mass is 10.2. The van der Waals surface area contributed by atoms with E-state index in [1.807, 2.05) is 13.8 Å². The van der Waals surface area contributed by atoms with Gasteiger partial charge in [0.2, 0.25) is 5.96 Å². The molecule has 1 heterocycles. The second-order valence-corrected chi connectivity index (χ2v) is 8.39. The quantitative estimate of drug-likeness (QED) is 0.569. The molecular weight excluding hydrogens is 364 g/mol. The van der Waals surface area contributed by atoms with Crippen molar-refractivity contribution in [3.8, 4) is 0 Å². The van der Waals surface area contributed by atoms with Gasteiger partial charge in [-0.15, -0.1) is 4.99 Å². The van der Waals surface area contributed by atoms with E-state index >= 15 is 0 Å². The Hall–Kier alpha value is -2.42. The van der Waals surface area contributed by atoms with Crippen LogP contribution in [0.15, 0.2) is 23.5 Å². The highest BCUT2D eigenvalue weighted by Crippen LogP contribution is 2.13. The van der Waals surface area contributed by atoms with Crippen molar-refractivity contribution in [1.82, 2.24) is 14.7 Å². The van der Waals surface area contributed by atoms with Gasteiger partial charge in [0.05, 0.1) is 19.3 Å². The van der Waals surface area contributed by atoms with E-state index in [1.165, 1.54) is 15.8 Å². The van der Waals surface area contributed by atoms with Crippen LogP contribution in [0.4, 0.5) is 9.59 Å². The first kappa shape index (κ1) is 23.6. The maximum absolute atomic E-state index is 12.8. The van der Waals surface area contributed by atoms with E-state index in [0.29, 0.717) is 0 Å². The van der Waals surface area contributed by atoms with E-state index in [1.54, 1.807) is 53.8 Å². The molecule has 0 spiro atoms. The van der Waals surface area contributed by atoms with Gasteiger partial charge in [0.1, 0.15) is 11.2 Å². The summed E-state index contributed by atoms with van der Waals surface area (Å²) >= 11 is 0. The van der Waals surface area contributed by atoms with Gasteiger partial charge >= 0.3 is 12.2 Å². The van der Waals surface area contributed by atoms with Gasteiger partial charge in [-0.2, -0.15) is 5.10 Å². The minimum Gasteiger partial charge on any atom is -0.443 e. The van der Waals surface area contributed by atoms with Crippen molar-refractivity contribution in [2.45, 2.75) is 72.7 Å². The molecule has 2 amide bonds. The predicted octanol–water partition coefficient (Wildman–Crippen LogP) is 3.68. The molecule has 0 unspecified atom stereocenters. The maximum atomic E-state index is 12.8. The molecule has 1 aromatic heterocycles. The van der Waals surface area contributed by atoms with Gasteiger partial charge in [-0.25, -0.2) is 19.2 Å². The Morgan fingerprint density at radius 1 is 1.11 bits per heavy atom. The van der Waals surface area contributed by atoms with Crippen molar-refractivity contribution in [1.29, 1.82) is 0 Å². The Kier molecular flexibility index (Phi) is 8.16. The molecule has 0 radical (unpaired) electrons. The Labute approximate surface area is 166 Å². The van der Waals surface area contributed by atoms with Gasteiger partial charge in [-0.1, -0.05) is 0 Å². The molecule has 9 nitrogen and oxygen atoms in total. The molecule has 0 aromatic carbocycles.